The zero-order chi connectivity index (χ0) is 21.5. The molecule has 9 nitrogen and oxygen atoms in total. The number of alkyl halides is 2. The molecule has 0 unspecified atom stereocenters. The molecular weight excluding hydrogens is 510 g/mol. The molecule has 0 amide bonds. The Labute approximate surface area is 183 Å². The van der Waals surface area contributed by atoms with E-state index < -0.39 is 35.8 Å². The van der Waals surface area contributed by atoms with E-state index in [1.165, 1.54) is 18.0 Å². The van der Waals surface area contributed by atoms with Gasteiger partial charge in [-0.1, -0.05) is 40.8 Å². The maximum Gasteiger partial charge on any atom is 0.338 e. The second-order valence-corrected chi connectivity index (χ2v) is 7.53. The highest BCUT2D eigenvalue weighted by molar-refractivity contribution is 14.1. The molecule has 1 aliphatic heterocycles. The Morgan fingerprint density at radius 2 is 2.13 bits per heavy atom. The molecule has 2 aromatic heterocycles. The quantitative estimate of drug-likeness (QED) is 0.308. The van der Waals surface area contributed by atoms with Crippen LogP contribution in [0.15, 0.2) is 41.5 Å². The van der Waals surface area contributed by atoms with Crippen LogP contribution in [0.1, 0.15) is 22.4 Å². The molecule has 11 heteroatoms. The Hall–Kier alpha value is -2.38. The highest BCUT2D eigenvalue weighted by Gasteiger charge is 2.59. The third-order valence-electron chi connectivity index (χ3n) is 4.92. The fourth-order valence-corrected chi connectivity index (χ4v) is 4.32. The summed E-state index contributed by atoms with van der Waals surface area (Å²) in [5.41, 5.74) is 0.0585. The van der Waals surface area contributed by atoms with E-state index in [9.17, 15) is 9.59 Å². The van der Waals surface area contributed by atoms with E-state index >= 15 is 4.39 Å². The predicted molar refractivity (Wildman–Crippen MR) is 112 cm³/mol. The number of benzene rings is 1. The van der Waals surface area contributed by atoms with Gasteiger partial charge in [0.2, 0.25) is 5.79 Å². The number of nitrogens with one attached hydrogen (secondary N) is 1. The van der Waals surface area contributed by atoms with E-state index in [0.717, 1.165) is 0 Å². The minimum absolute atomic E-state index is 0.0543. The topological polar surface area (TPSA) is 108 Å². The Morgan fingerprint density at radius 1 is 1.40 bits per heavy atom. The first-order valence-corrected chi connectivity index (χ1v) is 10.5. The van der Waals surface area contributed by atoms with Crippen LogP contribution in [0.2, 0.25) is 0 Å². The maximum absolute atomic E-state index is 15.6. The smallest absolute Gasteiger partial charge is 0.338 e. The van der Waals surface area contributed by atoms with E-state index in [2.05, 4.69) is 15.0 Å². The summed E-state index contributed by atoms with van der Waals surface area (Å²) in [6.07, 6.45) is -3.13. The van der Waals surface area contributed by atoms with Crippen LogP contribution in [0.5, 0.6) is 0 Å². The predicted octanol–water partition coefficient (Wildman–Crippen LogP) is 2.30. The molecule has 1 fully saturated rings. The minimum atomic E-state index is -1.80. The van der Waals surface area contributed by atoms with Gasteiger partial charge in [0, 0.05) is 7.11 Å². The number of nitrogens with zero attached hydrogens (tertiary/aromatic N) is 3. The van der Waals surface area contributed by atoms with Gasteiger partial charge in [-0.3, -0.25) is 9.36 Å². The van der Waals surface area contributed by atoms with Gasteiger partial charge in [-0.25, -0.2) is 19.2 Å². The molecule has 30 heavy (non-hydrogen) atoms. The number of esters is 1. The molecule has 1 aromatic carbocycles. The molecule has 0 bridgehead atoms. The molecule has 3 heterocycles. The summed E-state index contributed by atoms with van der Waals surface area (Å²) in [6, 6.07) is 8.27. The first-order valence-electron chi connectivity index (χ1n) is 9.02. The number of carbonyl (C=O) groups excluding carboxylic acids is 1. The molecule has 0 radical (unpaired) electrons. The summed E-state index contributed by atoms with van der Waals surface area (Å²) in [5, 5.41) is 0. The zero-order valence-electron chi connectivity index (χ0n) is 16.0. The Kier molecular flexibility index (Phi) is 5.59. The molecule has 1 aliphatic rings. The summed E-state index contributed by atoms with van der Waals surface area (Å²) in [7, 11) is 1.36. The molecule has 4 atom stereocenters. The van der Waals surface area contributed by atoms with Crippen LogP contribution in [0.3, 0.4) is 0 Å². The summed E-state index contributed by atoms with van der Waals surface area (Å²) < 4.78 is 34.1. The normalized spacial score (nSPS) is 26.2. The number of aromatic amines is 1. The van der Waals surface area contributed by atoms with Crippen LogP contribution < -0.4 is 5.56 Å². The van der Waals surface area contributed by atoms with Gasteiger partial charge < -0.3 is 19.2 Å². The number of aromatic nitrogens is 4. The van der Waals surface area contributed by atoms with Gasteiger partial charge >= 0.3 is 5.97 Å². The lowest BCUT2D eigenvalue weighted by molar-refractivity contribution is -0.236. The molecular formula is C19H18FIN4O5. The number of ether oxygens (including phenoxy) is 3. The summed E-state index contributed by atoms with van der Waals surface area (Å²) >= 11 is 1.98. The number of imidazole rings is 1. The monoisotopic (exact) mass is 528 g/mol. The van der Waals surface area contributed by atoms with Gasteiger partial charge in [-0.15, -0.1) is 0 Å². The van der Waals surface area contributed by atoms with Crippen molar-refractivity contribution < 1.29 is 23.4 Å². The van der Waals surface area contributed by atoms with E-state index in [1.54, 1.807) is 37.3 Å². The average Bonchev–Trinajstić information content (AvgIpc) is 3.28. The van der Waals surface area contributed by atoms with E-state index in [-0.39, 0.29) is 21.2 Å². The van der Waals surface area contributed by atoms with Gasteiger partial charge in [-0.2, -0.15) is 0 Å². The molecule has 0 saturated carbocycles. The average molecular weight is 528 g/mol. The third-order valence-corrected chi connectivity index (χ3v) is 5.98. The summed E-state index contributed by atoms with van der Waals surface area (Å²) in [4.78, 5) is 35.5. The lowest BCUT2D eigenvalue weighted by Crippen LogP contribution is -2.48. The van der Waals surface area contributed by atoms with Crippen molar-refractivity contribution in [3.05, 3.63) is 58.4 Å². The van der Waals surface area contributed by atoms with Crippen LogP contribution >= 0.6 is 22.6 Å². The summed E-state index contributed by atoms with van der Waals surface area (Å²) in [5.74, 6) is -1.87. The van der Waals surface area contributed by atoms with Crippen LogP contribution in [-0.2, 0) is 14.2 Å². The number of H-pyrrole nitrogens is 1. The van der Waals surface area contributed by atoms with Crippen LogP contribution in [-0.4, -0.2) is 55.1 Å². The first-order chi connectivity index (χ1) is 14.4. The van der Waals surface area contributed by atoms with Crippen LogP contribution in [0.25, 0.3) is 11.2 Å². The lowest BCUT2D eigenvalue weighted by atomic mass is 10.1. The van der Waals surface area contributed by atoms with Crippen molar-refractivity contribution in [1.82, 2.24) is 19.5 Å². The summed E-state index contributed by atoms with van der Waals surface area (Å²) in [6.45, 7) is 1.61. The van der Waals surface area contributed by atoms with Crippen molar-refractivity contribution in [3.63, 3.8) is 0 Å². The minimum Gasteiger partial charge on any atom is -0.450 e. The molecule has 0 spiro atoms. The number of rotatable bonds is 5. The Bertz CT molecular complexity index is 1130. The fourth-order valence-electron chi connectivity index (χ4n) is 3.40. The number of halogens is 2. The van der Waals surface area contributed by atoms with E-state index in [1.807, 2.05) is 22.6 Å². The number of fused-ring (bicyclic) bond motifs is 1. The molecule has 158 valence electrons. The second-order valence-electron chi connectivity index (χ2n) is 6.77. The van der Waals surface area contributed by atoms with Gasteiger partial charge in [0.25, 0.3) is 5.56 Å². The van der Waals surface area contributed by atoms with Gasteiger partial charge in [0.15, 0.2) is 29.7 Å². The van der Waals surface area contributed by atoms with Gasteiger partial charge in [0.1, 0.15) is 5.82 Å². The van der Waals surface area contributed by atoms with Crippen molar-refractivity contribution in [2.75, 3.05) is 11.5 Å². The van der Waals surface area contributed by atoms with Crippen molar-refractivity contribution in [1.29, 1.82) is 0 Å². The number of aryl methyl sites for hydroxylation is 1. The molecule has 0 aliphatic carbocycles. The number of hydrogen-bond acceptors (Lipinski definition) is 7. The fraction of sp³-hybridized carbons (Fsp3) is 0.368. The van der Waals surface area contributed by atoms with E-state index in [0.29, 0.717) is 5.82 Å². The van der Waals surface area contributed by atoms with Crippen molar-refractivity contribution >= 4 is 39.7 Å². The van der Waals surface area contributed by atoms with Gasteiger partial charge in [-0.05, 0) is 19.1 Å². The molecule has 1 N–H and O–H groups in total. The Balaban J connectivity index is 1.72. The van der Waals surface area contributed by atoms with Crippen molar-refractivity contribution in [3.8, 4) is 0 Å². The van der Waals surface area contributed by atoms with E-state index in [4.69, 9.17) is 14.2 Å². The highest BCUT2D eigenvalue weighted by Crippen LogP contribution is 2.43. The Morgan fingerprint density at radius 3 is 2.80 bits per heavy atom. The SMILES string of the molecule is CO[C@]1(CI)O[C@@H](n2cnc3c(=O)[nH]c(C)nc32)[C@H](F)[C@@H]1OC(=O)c1ccccc1. The first kappa shape index (κ1) is 20.9. The molecule has 4 rings (SSSR count). The second kappa shape index (κ2) is 8.04. The highest BCUT2D eigenvalue weighted by atomic mass is 127. The van der Waals surface area contributed by atoms with Crippen LogP contribution in [0, 0.1) is 6.92 Å². The number of carbonyl (C=O) groups is 1. The third kappa shape index (κ3) is 3.40. The van der Waals surface area contributed by atoms with Crippen molar-refractivity contribution in [2.45, 2.75) is 31.2 Å². The van der Waals surface area contributed by atoms with Gasteiger partial charge in [0.05, 0.1) is 16.3 Å². The maximum atomic E-state index is 15.6. The number of hydrogen-bond donors (Lipinski definition) is 1. The molecule has 1 saturated heterocycles. The largest absolute Gasteiger partial charge is 0.450 e. The van der Waals surface area contributed by atoms with Crippen LogP contribution in [0.4, 0.5) is 4.39 Å². The zero-order valence-corrected chi connectivity index (χ0v) is 18.2. The lowest BCUT2D eigenvalue weighted by Gasteiger charge is -2.30. The van der Waals surface area contributed by atoms with Crippen molar-refractivity contribution in [2.24, 2.45) is 0 Å². The number of methoxy groups -OCH3 is 1. The standard InChI is InChI=1S/C19H18FIN4O5/c1-10-23-15-13(16(26)24-10)22-9-25(15)17-12(20)14(19(8-21,28-2)30-17)29-18(27)11-6-4-3-5-7-11/h3-7,9,12,14,17H,8H2,1-2H3,(H,23,24,26)/t12-,14+,17-,19-/m1/s1. The molecule has 3 aromatic rings.